The lowest BCUT2D eigenvalue weighted by molar-refractivity contribution is -0.384. The van der Waals surface area contributed by atoms with Gasteiger partial charge in [0.15, 0.2) is 5.78 Å². The van der Waals surface area contributed by atoms with Crippen LogP contribution in [0, 0.1) is 10.1 Å². The minimum Gasteiger partial charge on any atom is -0.294 e. The molecule has 2 aromatic carbocycles. The van der Waals surface area contributed by atoms with Crippen LogP contribution in [0.1, 0.15) is 17.3 Å². The molecule has 0 bridgehead atoms. The average Bonchev–Trinajstić information content (AvgIpc) is 2.46. The Bertz CT molecular complexity index is 665. The number of benzene rings is 2. The summed E-state index contributed by atoms with van der Waals surface area (Å²) in [6.07, 6.45) is 1.97. The fraction of sp³-hybridized carbons (Fsp3) is 0.133. The minimum absolute atomic E-state index is 0.128. The summed E-state index contributed by atoms with van der Waals surface area (Å²) in [6, 6.07) is 12.3. The van der Waals surface area contributed by atoms with Crippen molar-refractivity contribution < 1.29 is 9.72 Å². The molecule has 0 aliphatic rings. The second-order valence-corrected chi connectivity index (χ2v) is 5.12. The van der Waals surface area contributed by atoms with Gasteiger partial charge in [-0.3, -0.25) is 14.9 Å². The van der Waals surface area contributed by atoms with Crippen molar-refractivity contribution in [2.75, 3.05) is 6.26 Å². The Morgan fingerprint density at radius 3 is 2.30 bits per heavy atom. The molecule has 2 rings (SSSR count). The van der Waals surface area contributed by atoms with E-state index in [4.69, 9.17) is 0 Å². The molecule has 0 amide bonds. The zero-order valence-corrected chi connectivity index (χ0v) is 11.9. The van der Waals surface area contributed by atoms with Gasteiger partial charge < -0.3 is 0 Å². The minimum atomic E-state index is -0.492. The van der Waals surface area contributed by atoms with Gasteiger partial charge in [-0.1, -0.05) is 18.2 Å². The van der Waals surface area contributed by atoms with Gasteiger partial charge in [0.05, 0.1) is 16.1 Å². The third-order valence-electron chi connectivity index (χ3n) is 3.00. The Hall–Kier alpha value is -2.14. The quantitative estimate of drug-likeness (QED) is 0.366. The molecule has 0 N–H and O–H groups in total. The number of nitrogens with zero attached hydrogens (tertiary/aromatic N) is 1. The van der Waals surface area contributed by atoms with Gasteiger partial charge >= 0.3 is 0 Å². The van der Waals surface area contributed by atoms with Crippen molar-refractivity contribution in [2.24, 2.45) is 0 Å². The summed E-state index contributed by atoms with van der Waals surface area (Å²) in [5.41, 5.74) is 1.21. The summed E-state index contributed by atoms with van der Waals surface area (Å²) in [7, 11) is 0. The SMILES string of the molecule is CSc1ccc(-c2cccc(C(C)=O)c2[N+](=O)[O-])cc1. The van der Waals surface area contributed by atoms with Crippen LogP contribution in [0.4, 0.5) is 5.69 Å². The highest BCUT2D eigenvalue weighted by Crippen LogP contribution is 2.33. The molecule has 0 aliphatic carbocycles. The number of nitro groups is 1. The van der Waals surface area contributed by atoms with Crippen molar-refractivity contribution in [3.63, 3.8) is 0 Å². The average molecular weight is 287 g/mol. The molecule has 0 radical (unpaired) electrons. The number of nitro benzene ring substituents is 1. The first-order chi connectivity index (χ1) is 9.54. The van der Waals surface area contributed by atoms with E-state index in [9.17, 15) is 14.9 Å². The van der Waals surface area contributed by atoms with E-state index in [0.29, 0.717) is 5.56 Å². The molecule has 0 unspecified atom stereocenters. The number of hydrogen-bond donors (Lipinski definition) is 0. The Morgan fingerprint density at radius 1 is 1.15 bits per heavy atom. The molecule has 0 aliphatic heterocycles. The fourth-order valence-corrected chi connectivity index (χ4v) is 2.44. The van der Waals surface area contributed by atoms with Gasteiger partial charge in [-0.2, -0.15) is 0 Å². The van der Waals surface area contributed by atoms with Crippen LogP contribution in [0.2, 0.25) is 0 Å². The smallest absolute Gasteiger partial charge is 0.287 e. The van der Waals surface area contributed by atoms with Crippen LogP contribution in [-0.4, -0.2) is 17.0 Å². The highest BCUT2D eigenvalue weighted by Gasteiger charge is 2.22. The Morgan fingerprint density at radius 2 is 1.80 bits per heavy atom. The molecule has 5 heteroatoms. The number of ketones is 1. The molecule has 102 valence electrons. The van der Waals surface area contributed by atoms with Crippen LogP contribution in [0.25, 0.3) is 11.1 Å². The van der Waals surface area contributed by atoms with Crippen LogP contribution >= 0.6 is 11.8 Å². The number of rotatable bonds is 4. The molecular formula is C15H13NO3S. The van der Waals surface area contributed by atoms with Crippen molar-refractivity contribution in [3.8, 4) is 11.1 Å². The Labute approximate surface area is 121 Å². The summed E-state index contributed by atoms with van der Waals surface area (Å²) in [4.78, 5) is 23.4. The van der Waals surface area contributed by atoms with Crippen molar-refractivity contribution >= 4 is 23.2 Å². The normalized spacial score (nSPS) is 10.3. The standard InChI is InChI=1S/C15H13NO3S/c1-10(17)13-4-3-5-14(15(13)16(18)19)11-6-8-12(20-2)9-7-11/h3-9H,1-2H3. The highest BCUT2D eigenvalue weighted by atomic mass is 32.2. The van der Waals surface area contributed by atoms with Gasteiger partial charge in [0.2, 0.25) is 0 Å². The van der Waals surface area contributed by atoms with Crippen LogP contribution in [0.3, 0.4) is 0 Å². The lowest BCUT2D eigenvalue weighted by atomic mass is 9.98. The summed E-state index contributed by atoms with van der Waals surface area (Å²) in [5, 5.41) is 11.3. The van der Waals surface area contributed by atoms with E-state index in [2.05, 4.69) is 0 Å². The monoisotopic (exact) mass is 287 g/mol. The lowest BCUT2D eigenvalue weighted by Crippen LogP contribution is -2.02. The largest absolute Gasteiger partial charge is 0.294 e. The van der Waals surface area contributed by atoms with E-state index < -0.39 is 4.92 Å². The first-order valence-corrected chi connectivity index (χ1v) is 7.20. The first kappa shape index (κ1) is 14.3. The van der Waals surface area contributed by atoms with Crippen LogP contribution < -0.4 is 0 Å². The maximum absolute atomic E-state index is 11.5. The second kappa shape index (κ2) is 5.88. The predicted octanol–water partition coefficient (Wildman–Crippen LogP) is 4.19. The molecule has 0 fully saturated rings. The molecule has 20 heavy (non-hydrogen) atoms. The second-order valence-electron chi connectivity index (χ2n) is 4.24. The predicted molar refractivity (Wildman–Crippen MR) is 80.3 cm³/mol. The van der Waals surface area contributed by atoms with E-state index in [-0.39, 0.29) is 17.0 Å². The van der Waals surface area contributed by atoms with Crippen molar-refractivity contribution in [1.82, 2.24) is 0 Å². The van der Waals surface area contributed by atoms with Gasteiger partial charge in [0.1, 0.15) is 0 Å². The van der Waals surface area contributed by atoms with Crippen LogP contribution in [0.15, 0.2) is 47.4 Å². The van der Waals surface area contributed by atoms with E-state index in [0.717, 1.165) is 10.5 Å². The molecule has 0 aromatic heterocycles. The maximum atomic E-state index is 11.5. The van der Waals surface area contributed by atoms with E-state index in [1.54, 1.807) is 23.9 Å². The van der Waals surface area contributed by atoms with Gasteiger partial charge in [-0.15, -0.1) is 11.8 Å². The van der Waals surface area contributed by atoms with E-state index in [1.165, 1.54) is 13.0 Å². The molecular weight excluding hydrogens is 274 g/mol. The third kappa shape index (κ3) is 2.72. The van der Waals surface area contributed by atoms with Crippen LogP contribution in [-0.2, 0) is 0 Å². The topological polar surface area (TPSA) is 60.2 Å². The zero-order chi connectivity index (χ0) is 14.7. The number of hydrogen-bond acceptors (Lipinski definition) is 4. The zero-order valence-electron chi connectivity index (χ0n) is 11.1. The van der Waals surface area contributed by atoms with Gasteiger partial charge in [0.25, 0.3) is 5.69 Å². The maximum Gasteiger partial charge on any atom is 0.287 e. The number of carbonyl (C=O) groups is 1. The summed E-state index contributed by atoms with van der Waals surface area (Å²) < 4.78 is 0. The van der Waals surface area contributed by atoms with Gasteiger partial charge in [-0.05, 0) is 43.0 Å². The lowest BCUT2D eigenvalue weighted by Gasteiger charge is -2.07. The van der Waals surface area contributed by atoms with Gasteiger partial charge in [0, 0.05) is 4.90 Å². The molecule has 0 saturated heterocycles. The number of para-hydroxylation sites is 1. The van der Waals surface area contributed by atoms with Crippen molar-refractivity contribution in [3.05, 3.63) is 58.1 Å². The summed E-state index contributed by atoms with van der Waals surface area (Å²) in [5.74, 6) is -0.306. The van der Waals surface area contributed by atoms with E-state index >= 15 is 0 Å². The number of thioether (sulfide) groups is 1. The van der Waals surface area contributed by atoms with Crippen molar-refractivity contribution in [2.45, 2.75) is 11.8 Å². The molecule has 0 saturated carbocycles. The molecule has 0 heterocycles. The summed E-state index contributed by atoms with van der Waals surface area (Å²) >= 11 is 1.60. The molecule has 0 atom stereocenters. The molecule has 4 nitrogen and oxygen atoms in total. The van der Waals surface area contributed by atoms with E-state index in [1.807, 2.05) is 30.5 Å². The number of Topliss-reactive ketones (excluding diaryl/α,β-unsaturated/α-hetero) is 1. The third-order valence-corrected chi connectivity index (χ3v) is 3.74. The molecule has 0 spiro atoms. The Kier molecular flexibility index (Phi) is 4.20. The number of carbonyl (C=O) groups excluding carboxylic acids is 1. The van der Waals surface area contributed by atoms with Crippen molar-refractivity contribution in [1.29, 1.82) is 0 Å². The highest BCUT2D eigenvalue weighted by molar-refractivity contribution is 7.98. The molecule has 2 aromatic rings. The fourth-order valence-electron chi connectivity index (χ4n) is 2.03. The summed E-state index contributed by atoms with van der Waals surface area (Å²) in [6.45, 7) is 1.34. The van der Waals surface area contributed by atoms with Crippen LogP contribution in [0.5, 0.6) is 0 Å². The Balaban J connectivity index is 2.63. The first-order valence-electron chi connectivity index (χ1n) is 5.97. The van der Waals surface area contributed by atoms with Gasteiger partial charge in [-0.25, -0.2) is 0 Å².